The minimum atomic E-state index is -0.145. The van der Waals surface area contributed by atoms with E-state index in [1.54, 1.807) is 6.07 Å². The Labute approximate surface area is 105 Å². The van der Waals surface area contributed by atoms with Crippen LogP contribution in [0.1, 0.15) is 20.3 Å². The van der Waals surface area contributed by atoms with E-state index < -0.39 is 0 Å². The van der Waals surface area contributed by atoms with Crippen molar-refractivity contribution in [2.24, 2.45) is 0 Å². The molecule has 1 aromatic carbocycles. The number of carbonyl (C=O) groups is 1. The Kier molecular flexibility index (Phi) is 2.89. The number of ketones is 1. The third-order valence-corrected chi connectivity index (χ3v) is 3.65. The van der Waals surface area contributed by atoms with Crippen LogP contribution in [-0.4, -0.2) is 17.9 Å². The Morgan fingerprint density at radius 2 is 1.94 bits per heavy atom. The first-order valence-electron chi connectivity index (χ1n) is 5.14. The van der Waals surface area contributed by atoms with Crippen molar-refractivity contribution in [3.05, 3.63) is 28.2 Å². The van der Waals surface area contributed by atoms with Gasteiger partial charge in [-0.05, 0) is 32.0 Å². The highest BCUT2D eigenvalue weighted by molar-refractivity contribution is 6.42. The Morgan fingerprint density at radius 3 is 2.44 bits per heavy atom. The van der Waals surface area contributed by atoms with E-state index in [0.29, 0.717) is 23.0 Å². The third kappa shape index (κ3) is 2.04. The lowest BCUT2D eigenvalue weighted by Crippen LogP contribution is -2.38. The second-order valence-electron chi connectivity index (χ2n) is 4.71. The van der Waals surface area contributed by atoms with Gasteiger partial charge in [0.1, 0.15) is 0 Å². The topological polar surface area (TPSA) is 20.3 Å². The average molecular weight is 258 g/mol. The van der Waals surface area contributed by atoms with E-state index in [4.69, 9.17) is 23.2 Å². The summed E-state index contributed by atoms with van der Waals surface area (Å²) >= 11 is 11.8. The molecule has 1 saturated heterocycles. The number of nitrogens with zero attached hydrogens (tertiary/aromatic N) is 1. The second kappa shape index (κ2) is 3.94. The van der Waals surface area contributed by atoms with Gasteiger partial charge in [-0.3, -0.25) is 4.79 Å². The number of rotatable bonds is 1. The van der Waals surface area contributed by atoms with Crippen LogP contribution in [0.25, 0.3) is 0 Å². The fourth-order valence-electron chi connectivity index (χ4n) is 2.12. The number of Topliss-reactive ketones (excluding diaryl/α,β-unsaturated/α-hetero) is 1. The lowest BCUT2D eigenvalue weighted by molar-refractivity contribution is -0.116. The summed E-state index contributed by atoms with van der Waals surface area (Å²) in [6.07, 6.45) is 0.577. The van der Waals surface area contributed by atoms with Crippen molar-refractivity contribution in [2.45, 2.75) is 25.8 Å². The summed E-state index contributed by atoms with van der Waals surface area (Å²) < 4.78 is 0. The molecule has 1 aliphatic rings. The minimum Gasteiger partial charge on any atom is -0.359 e. The zero-order valence-electron chi connectivity index (χ0n) is 9.26. The van der Waals surface area contributed by atoms with Gasteiger partial charge in [0.05, 0.1) is 16.6 Å². The molecule has 0 aliphatic carbocycles. The highest BCUT2D eigenvalue weighted by Gasteiger charge is 2.37. The van der Waals surface area contributed by atoms with Gasteiger partial charge in [0.25, 0.3) is 0 Å². The van der Waals surface area contributed by atoms with Gasteiger partial charge < -0.3 is 4.90 Å². The Morgan fingerprint density at radius 1 is 1.25 bits per heavy atom. The van der Waals surface area contributed by atoms with Crippen molar-refractivity contribution < 1.29 is 4.79 Å². The zero-order valence-corrected chi connectivity index (χ0v) is 10.8. The molecule has 0 unspecified atom stereocenters. The molecule has 0 amide bonds. The number of carbonyl (C=O) groups excluding carboxylic acids is 1. The van der Waals surface area contributed by atoms with E-state index in [-0.39, 0.29) is 11.3 Å². The van der Waals surface area contributed by atoms with Gasteiger partial charge in [-0.25, -0.2) is 0 Å². The number of anilines is 1. The maximum atomic E-state index is 11.5. The number of benzene rings is 1. The summed E-state index contributed by atoms with van der Waals surface area (Å²) in [6, 6.07) is 5.47. The molecule has 0 radical (unpaired) electrons. The fraction of sp³-hybridized carbons (Fsp3) is 0.417. The molecule has 1 aliphatic heterocycles. The maximum Gasteiger partial charge on any atom is 0.154 e. The first-order valence-corrected chi connectivity index (χ1v) is 5.90. The SMILES string of the molecule is CC1(C)CC(=O)CN1c1ccc(Cl)c(Cl)c1. The fourth-order valence-corrected chi connectivity index (χ4v) is 2.41. The van der Waals surface area contributed by atoms with Crippen LogP contribution in [0.15, 0.2) is 18.2 Å². The van der Waals surface area contributed by atoms with Crippen molar-refractivity contribution >= 4 is 34.7 Å². The van der Waals surface area contributed by atoms with Crippen LogP contribution in [-0.2, 0) is 4.79 Å². The molecule has 86 valence electrons. The summed E-state index contributed by atoms with van der Waals surface area (Å²) in [5.41, 5.74) is 0.805. The Balaban J connectivity index is 2.37. The first-order chi connectivity index (χ1) is 7.40. The highest BCUT2D eigenvalue weighted by atomic mass is 35.5. The zero-order chi connectivity index (χ0) is 11.9. The van der Waals surface area contributed by atoms with Crippen LogP contribution >= 0.6 is 23.2 Å². The van der Waals surface area contributed by atoms with Crippen molar-refractivity contribution in [3.63, 3.8) is 0 Å². The van der Waals surface area contributed by atoms with E-state index in [9.17, 15) is 4.79 Å². The highest BCUT2D eigenvalue weighted by Crippen LogP contribution is 2.35. The van der Waals surface area contributed by atoms with Crippen molar-refractivity contribution in [2.75, 3.05) is 11.4 Å². The monoisotopic (exact) mass is 257 g/mol. The van der Waals surface area contributed by atoms with Crippen LogP contribution in [0.3, 0.4) is 0 Å². The average Bonchev–Trinajstić information content (AvgIpc) is 2.44. The Bertz CT molecular complexity index is 443. The van der Waals surface area contributed by atoms with Crippen LogP contribution in [0.4, 0.5) is 5.69 Å². The predicted molar refractivity (Wildman–Crippen MR) is 67.5 cm³/mol. The van der Waals surface area contributed by atoms with Gasteiger partial charge in [-0.1, -0.05) is 23.2 Å². The van der Waals surface area contributed by atoms with E-state index in [1.807, 2.05) is 12.1 Å². The number of halogens is 2. The van der Waals surface area contributed by atoms with Gasteiger partial charge in [-0.15, -0.1) is 0 Å². The minimum absolute atomic E-state index is 0.145. The van der Waals surface area contributed by atoms with Crippen LogP contribution < -0.4 is 4.90 Å². The van der Waals surface area contributed by atoms with Gasteiger partial charge in [-0.2, -0.15) is 0 Å². The van der Waals surface area contributed by atoms with Crippen molar-refractivity contribution in [1.82, 2.24) is 0 Å². The molecule has 1 aromatic rings. The van der Waals surface area contributed by atoms with Gasteiger partial charge in [0.15, 0.2) is 5.78 Å². The second-order valence-corrected chi connectivity index (χ2v) is 5.53. The molecule has 0 N–H and O–H groups in total. The molecule has 16 heavy (non-hydrogen) atoms. The summed E-state index contributed by atoms with van der Waals surface area (Å²) in [4.78, 5) is 13.6. The molecule has 2 nitrogen and oxygen atoms in total. The Hall–Kier alpha value is -0.730. The molecule has 0 saturated carbocycles. The van der Waals surface area contributed by atoms with E-state index >= 15 is 0 Å². The quantitative estimate of drug-likeness (QED) is 0.767. The third-order valence-electron chi connectivity index (χ3n) is 2.91. The maximum absolute atomic E-state index is 11.5. The van der Waals surface area contributed by atoms with E-state index in [2.05, 4.69) is 18.7 Å². The van der Waals surface area contributed by atoms with Crippen molar-refractivity contribution in [3.8, 4) is 0 Å². The standard InChI is InChI=1S/C12H13Cl2NO/c1-12(2)6-9(16)7-15(12)8-3-4-10(13)11(14)5-8/h3-5H,6-7H2,1-2H3. The molecule has 1 heterocycles. The molecule has 0 spiro atoms. The van der Waals surface area contributed by atoms with E-state index in [1.165, 1.54) is 0 Å². The van der Waals surface area contributed by atoms with Gasteiger partial charge in [0, 0.05) is 17.6 Å². The van der Waals surface area contributed by atoms with Crippen LogP contribution in [0.2, 0.25) is 10.0 Å². The molecule has 1 fully saturated rings. The predicted octanol–water partition coefficient (Wildman–Crippen LogP) is 3.55. The normalized spacial score (nSPS) is 19.2. The molecule has 2 rings (SSSR count). The molecule has 0 bridgehead atoms. The molecular weight excluding hydrogens is 245 g/mol. The summed E-state index contributed by atoms with van der Waals surface area (Å²) in [5.74, 6) is 0.260. The van der Waals surface area contributed by atoms with Crippen LogP contribution in [0, 0.1) is 0 Å². The lowest BCUT2D eigenvalue weighted by Gasteiger charge is -2.32. The van der Waals surface area contributed by atoms with E-state index in [0.717, 1.165) is 5.69 Å². The summed E-state index contributed by atoms with van der Waals surface area (Å²) in [7, 11) is 0. The summed E-state index contributed by atoms with van der Waals surface area (Å²) in [6.45, 7) is 4.56. The number of hydrogen-bond donors (Lipinski definition) is 0. The largest absolute Gasteiger partial charge is 0.359 e. The first kappa shape index (κ1) is 11.7. The smallest absolute Gasteiger partial charge is 0.154 e. The number of hydrogen-bond acceptors (Lipinski definition) is 2. The molecular formula is C12H13Cl2NO. The van der Waals surface area contributed by atoms with Gasteiger partial charge in [0.2, 0.25) is 0 Å². The lowest BCUT2D eigenvalue weighted by atomic mass is 10.0. The molecule has 0 atom stereocenters. The van der Waals surface area contributed by atoms with Crippen molar-refractivity contribution in [1.29, 1.82) is 0 Å². The van der Waals surface area contributed by atoms with Crippen LogP contribution in [0.5, 0.6) is 0 Å². The van der Waals surface area contributed by atoms with Gasteiger partial charge >= 0.3 is 0 Å². The summed E-state index contributed by atoms with van der Waals surface area (Å²) in [5, 5.41) is 1.06. The molecule has 0 aromatic heterocycles. The molecule has 4 heteroatoms.